The van der Waals surface area contributed by atoms with E-state index in [1.165, 1.54) is 7.11 Å². The molecule has 2 aromatic rings. The number of imide groups is 1. The van der Waals surface area contributed by atoms with Gasteiger partial charge in [-0.15, -0.1) is 0 Å². The zero-order valence-electron chi connectivity index (χ0n) is 13.8. The van der Waals surface area contributed by atoms with Crippen LogP contribution in [-0.4, -0.2) is 35.5 Å². The number of amides is 2. The van der Waals surface area contributed by atoms with Gasteiger partial charge in [0.15, 0.2) is 5.78 Å². The molecule has 7 heteroatoms. The number of hydrogen-bond donors (Lipinski definition) is 0. The van der Waals surface area contributed by atoms with E-state index in [1.54, 1.807) is 42.5 Å². The quantitative estimate of drug-likeness (QED) is 0.519. The van der Waals surface area contributed by atoms with Crippen molar-refractivity contribution < 1.29 is 19.1 Å². The second kappa shape index (κ2) is 7.88. The molecule has 3 rings (SSSR count). The van der Waals surface area contributed by atoms with Crippen molar-refractivity contribution in [2.75, 3.05) is 13.7 Å². The lowest BCUT2D eigenvalue weighted by atomic mass is 10.1. The van der Waals surface area contributed by atoms with E-state index >= 15 is 0 Å². The van der Waals surface area contributed by atoms with Gasteiger partial charge in [-0.1, -0.05) is 46.3 Å². The first-order chi connectivity index (χ1) is 12.5. The predicted octanol–water partition coefficient (Wildman–Crippen LogP) is 4.38. The Morgan fingerprint density at radius 2 is 1.85 bits per heavy atom. The number of nitrogens with zero attached hydrogens (tertiary/aromatic N) is 1. The van der Waals surface area contributed by atoms with Gasteiger partial charge in [-0.2, -0.15) is 0 Å². The number of ether oxygens (including phenoxy) is 1. The third kappa shape index (κ3) is 3.89. The molecule has 1 fully saturated rings. The van der Waals surface area contributed by atoms with E-state index in [0.717, 1.165) is 21.1 Å². The number of rotatable bonds is 5. The largest absolute Gasteiger partial charge is 0.496 e. The molecule has 0 aromatic heterocycles. The first-order valence-corrected chi connectivity index (χ1v) is 9.27. The summed E-state index contributed by atoms with van der Waals surface area (Å²) < 4.78 is 6.10. The number of ketones is 1. The van der Waals surface area contributed by atoms with Crippen molar-refractivity contribution in [1.82, 2.24) is 4.90 Å². The van der Waals surface area contributed by atoms with Crippen LogP contribution in [0.1, 0.15) is 15.9 Å². The van der Waals surface area contributed by atoms with Crippen molar-refractivity contribution in [3.8, 4) is 5.75 Å². The highest BCUT2D eigenvalue weighted by Crippen LogP contribution is 2.34. The van der Waals surface area contributed by atoms with Crippen molar-refractivity contribution in [3.63, 3.8) is 0 Å². The Labute approximate surface area is 163 Å². The minimum Gasteiger partial charge on any atom is -0.496 e. The van der Waals surface area contributed by atoms with Crippen LogP contribution in [0.2, 0.25) is 0 Å². The minimum atomic E-state index is -0.476. The van der Waals surface area contributed by atoms with Crippen LogP contribution < -0.4 is 4.74 Å². The number of halogens is 1. The fourth-order valence-corrected chi connectivity index (χ4v) is 3.53. The summed E-state index contributed by atoms with van der Waals surface area (Å²) in [7, 11) is 1.54. The van der Waals surface area contributed by atoms with Gasteiger partial charge >= 0.3 is 0 Å². The predicted molar refractivity (Wildman–Crippen MR) is 104 cm³/mol. The summed E-state index contributed by atoms with van der Waals surface area (Å²) in [4.78, 5) is 38.3. The second-order valence-corrected chi connectivity index (χ2v) is 7.35. The molecule has 0 unspecified atom stereocenters. The molecule has 0 radical (unpaired) electrons. The van der Waals surface area contributed by atoms with Gasteiger partial charge in [0.05, 0.1) is 18.6 Å². The van der Waals surface area contributed by atoms with Crippen LogP contribution in [0, 0.1) is 0 Å². The molecule has 0 bridgehead atoms. The molecule has 0 aliphatic carbocycles. The Morgan fingerprint density at radius 3 is 2.54 bits per heavy atom. The third-order valence-electron chi connectivity index (χ3n) is 3.77. The van der Waals surface area contributed by atoms with Gasteiger partial charge in [0, 0.05) is 15.6 Å². The van der Waals surface area contributed by atoms with E-state index in [9.17, 15) is 14.4 Å². The van der Waals surface area contributed by atoms with Gasteiger partial charge in [0.25, 0.3) is 11.1 Å². The van der Waals surface area contributed by atoms with E-state index < -0.39 is 11.1 Å². The molecule has 1 saturated heterocycles. The molecule has 2 amide bonds. The van der Waals surface area contributed by atoms with Crippen molar-refractivity contribution in [2.24, 2.45) is 0 Å². The number of Topliss-reactive ketones (excluding diaryl/α,β-unsaturated/α-hetero) is 1. The number of carbonyl (C=O) groups excluding carboxylic acids is 3. The maximum atomic E-state index is 12.6. The fraction of sp³-hybridized carbons (Fsp3) is 0.105. The molecular formula is C19H14BrNO4S. The zero-order chi connectivity index (χ0) is 18.7. The fourth-order valence-electron chi connectivity index (χ4n) is 2.43. The topological polar surface area (TPSA) is 63.7 Å². The molecule has 26 heavy (non-hydrogen) atoms. The first kappa shape index (κ1) is 18.4. The highest BCUT2D eigenvalue weighted by Gasteiger charge is 2.36. The van der Waals surface area contributed by atoms with E-state index in [-0.39, 0.29) is 17.2 Å². The Balaban J connectivity index is 1.79. The van der Waals surface area contributed by atoms with Crippen molar-refractivity contribution in [2.45, 2.75) is 0 Å². The normalized spacial score (nSPS) is 15.6. The first-order valence-electron chi connectivity index (χ1n) is 7.67. The molecule has 0 saturated carbocycles. The van der Waals surface area contributed by atoms with Gasteiger partial charge in [-0.3, -0.25) is 19.3 Å². The number of hydrogen-bond acceptors (Lipinski definition) is 5. The number of benzene rings is 2. The van der Waals surface area contributed by atoms with Crippen LogP contribution in [0.15, 0.2) is 57.9 Å². The average molecular weight is 432 g/mol. The van der Waals surface area contributed by atoms with E-state index in [2.05, 4.69) is 15.9 Å². The lowest BCUT2D eigenvalue weighted by Crippen LogP contribution is -2.33. The number of carbonyl (C=O) groups is 3. The highest BCUT2D eigenvalue weighted by atomic mass is 79.9. The molecule has 0 spiro atoms. The summed E-state index contributed by atoms with van der Waals surface area (Å²) in [5.41, 5.74) is 1.14. The summed E-state index contributed by atoms with van der Waals surface area (Å²) in [5.74, 6) is -0.167. The van der Waals surface area contributed by atoms with Crippen LogP contribution >= 0.6 is 27.7 Å². The Morgan fingerprint density at radius 1 is 1.15 bits per heavy atom. The van der Waals surface area contributed by atoms with Crippen LogP contribution in [0.5, 0.6) is 5.75 Å². The number of methoxy groups -OCH3 is 1. The Hall–Kier alpha value is -2.38. The van der Waals surface area contributed by atoms with Crippen LogP contribution in [0.4, 0.5) is 4.79 Å². The zero-order valence-corrected chi connectivity index (χ0v) is 16.2. The van der Waals surface area contributed by atoms with Crippen molar-refractivity contribution in [3.05, 3.63) is 69.0 Å². The second-order valence-electron chi connectivity index (χ2n) is 5.44. The van der Waals surface area contributed by atoms with Crippen LogP contribution in [0.25, 0.3) is 6.08 Å². The summed E-state index contributed by atoms with van der Waals surface area (Å²) in [6.07, 6.45) is 1.60. The summed E-state index contributed by atoms with van der Waals surface area (Å²) in [5, 5.41) is -0.457. The molecule has 0 atom stereocenters. The van der Waals surface area contributed by atoms with Gasteiger partial charge in [0.1, 0.15) is 5.75 Å². The maximum absolute atomic E-state index is 12.6. The van der Waals surface area contributed by atoms with Gasteiger partial charge in [0.2, 0.25) is 0 Å². The third-order valence-corrected chi connectivity index (χ3v) is 5.20. The smallest absolute Gasteiger partial charge is 0.293 e. The van der Waals surface area contributed by atoms with Crippen LogP contribution in [-0.2, 0) is 4.79 Å². The molecule has 1 aliphatic heterocycles. The lowest BCUT2D eigenvalue weighted by molar-refractivity contribution is -0.122. The van der Waals surface area contributed by atoms with Gasteiger partial charge in [-0.25, -0.2) is 0 Å². The molecule has 1 aliphatic rings. The molecular weight excluding hydrogens is 418 g/mol. The van der Waals surface area contributed by atoms with Crippen molar-refractivity contribution in [1.29, 1.82) is 0 Å². The summed E-state index contributed by atoms with van der Waals surface area (Å²) in [6, 6.07) is 14.0. The van der Waals surface area contributed by atoms with Crippen LogP contribution in [0.3, 0.4) is 0 Å². The average Bonchev–Trinajstić information content (AvgIpc) is 2.90. The summed E-state index contributed by atoms with van der Waals surface area (Å²) >= 11 is 4.12. The molecule has 132 valence electrons. The summed E-state index contributed by atoms with van der Waals surface area (Å²) in [6.45, 7) is -0.282. The van der Waals surface area contributed by atoms with Gasteiger partial charge < -0.3 is 4.74 Å². The highest BCUT2D eigenvalue weighted by molar-refractivity contribution is 9.10. The van der Waals surface area contributed by atoms with E-state index in [0.29, 0.717) is 16.9 Å². The number of thioether (sulfide) groups is 1. The standard InChI is InChI=1S/C19H14BrNO4S/c1-25-16-5-3-2-4-13(16)10-17-18(23)21(19(24)26-17)11-15(22)12-6-8-14(20)9-7-12/h2-10H,11H2,1H3/b17-10-. The molecule has 2 aromatic carbocycles. The molecule has 5 nitrogen and oxygen atoms in total. The van der Waals surface area contributed by atoms with E-state index in [1.807, 2.05) is 12.1 Å². The van der Waals surface area contributed by atoms with E-state index in [4.69, 9.17) is 4.74 Å². The lowest BCUT2D eigenvalue weighted by Gasteiger charge is -2.11. The SMILES string of the molecule is COc1ccccc1/C=C1\SC(=O)N(CC(=O)c2ccc(Br)cc2)C1=O. The number of para-hydroxylation sites is 1. The van der Waals surface area contributed by atoms with Gasteiger partial charge in [-0.05, 0) is 36.0 Å². The Kier molecular flexibility index (Phi) is 5.58. The molecule has 1 heterocycles. The maximum Gasteiger partial charge on any atom is 0.293 e. The minimum absolute atomic E-state index is 0.267. The molecule has 0 N–H and O–H groups in total. The van der Waals surface area contributed by atoms with Crippen molar-refractivity contribution >= 4 is 50.7 Å². The Bertz CT molecular complexity index is 908. The monoisotopic (exact) mass is 431 g/mol.